The van der Waals surface area contributed by atoms with E-state index in [0.29, 0.717) is 12.6 Å². The van der Waals surface area contributed by atoms with Gasteiger partial charge in [0.05, 0.1) is 5.69 Å². The number of piperidine rings is 1. The summed E-state index contributed by atoms with van der Waals surface area (Å²) in [7, 11) is 0. The van der Waals surface area contributed by atoms with Crippen LogP contribution in [-0.4, -0.2) is 36.8 Å². The highest BCUT2D eigenvalue weighted by molar-refractivity contribution is 5.80. The number of rotatable bonds is 6. The van der Waals surface area contributed by atoms with Crippen molar-refractivity contribution >= 4 is 11.6 Å². The van der Waals surface area contributed by atoms with Crippen LogP contribution < -0.4 is 15.5 Å². The minimum Gasteiger partial charge on any atom is -0.371 e. The monoisotopic (exact) mass is 411 g/mol. The fourth-order valence-electron chi connectivity index (χ4n) is 3.72. The number of nitrogens with zero attached hydrogens (tertiary/aromatic N) is 3. The van der Waals surface area contributed by atoms with Crippen molar-refractivity contribution in [3.05, 3.63) is 47.3 Å². The van der Waals surface area contributed by atoms with E-state index in [1.165, 1.54) is 11.3 Å². The topological polar surface area (TPSA) is 65.7 Å². The fraction of sp³-hybridized carbons (Fsp3) is 0.583. The molecule has 30 heavy (non-hydrogen) atoms. The summed E-state index contributed by atoms with van der Waals surface area (Å²) in [6, 6.07) is 11.5. The maximum Gasteiger partial charge on any atom is 0.191 e. The van der Waals surface area contributed by atoms with Gasteiger partial charge in [0, 0.05) is 37.4 Å². The Labute approximate surface area is 181 Å². The number of aromatic nitrogens is 1. The van der Waals surface area contributed by atoms with Crippen LogP contribution in [0.3, 0.4) is 0 Å². The molecule has 2 heterocycles. The highest BCUT2D eigenvalue weighted by Crippen LogP contribution is 2.26. The number of aliphatic imine (C=N–C) groups is 1. The molecule has 2 aromatic rings. The molecule has 0 unspecified atom stereocenters. The molecule has 1 aromatic carbocycles. The molecule has 1 saturated heterocycles. The van der Waals surface area contributed by atoms with Crippen LogP contribution in [0.1, 0.15) is 64.5 Å². The molecule has 164 valence electrons. The molecule has 3 rings (SSSR count). The quantitative estimate of drug-likeness (QED) is 0.549. The SMILES string of the molecule is CCNC(=NCc1cc(CC)no1)NC1CCN(c2ccc(C(C)(C)C)cc2)CC1. The van der Waals surface area contributed by atoms with Gasteiger partial charge in [0.25, 0.3) is 0 Å². The molecule has 6 nitrogen and oxygen atoms in total. The number of aryl methyl sites for hydroxylation is 1. The molecule has 0 radical (unpaired) electrons. The second-order valence-electron chi connectivity index (χ2n) is 9.04. The van der Waals surface area contributed by atoms with Crippen LogP contribution in [0.15, 0.2) is 39.8 Å². The predicted octanol–water partition coefficient (Wildman–Crippen LogP) is 4.26. The van der Waals surface area contributed by atoms with Gasteiger partial charge in [-0.25, -0.2) is 4.99 Å². The van der Waals surface area contributed by atoms with Gasteiger partial charge in [0.15, 0.2) is 11.7 Å². The van der Waals surface area contributed by atoms with E-state index in [1.807, 2.05) is 6.07 Å². The lowest BCUT2D eigenvalue weighted by Crippen LogP contribution is -2.48. The van der Waals surface area contributed by atoms with Crippen LogP contribution in [0.2, 0.25) is 0 Å². The van der Waals surface area contributed by atoms with Gasteiger partial charge in [-0.1, -0.05) is 45.0 Å². The zero-order valence-corrected chi connectivity index (χ0v) is 19.2. The number of nitrogens with one attached hydrogen (secondary N) is 2. The highest BCUT2D eigenvalue weighted by Gasteiger charge is 2.21. The Balaban J connectivity index is 1.53. The van der Waals surface area contributed by atoms with E-state index in [0.717, 1.165) is 56.3 Å². The van der Waals surface area contributed by atoms with Gasteiger partial charge in [-0.3, -0.25) is 0 Å². The molecule has 0 atom stereocenters. The zero-order valence-electron chi connectivity index (χ0n) is 19.2. The summed E-state index contributed by atoms with van der Waals surface area (Å²) in [6.45, 7) is 14.4. The molecule has 1 fully saturated rings. The number of benzene rings is 1. The summed E-state index contributed by atoms with van der Waals surface area (Å²) in [5.41, 5.74) is 3.87. The van der Waals surface area contributed by atoms with E-state index in [2.05, 4.69) is 84.6 Å². The molecule has 1 aliphatic heterocycles. The number of hydrogen-bond acceptors (Lipinski definition) is 4. The zero-order chi connectivity index (χ0) is 21.6. The number of guanidine groups is 1. The third-order valence-corrected chi connectivity index (χ3v) is 5.64. The molecule has 0 amide bonds. The summed E-state index contributed by atoms with van der Waals surface area (Å²) in [6.07, 6.45) is 3.06. The first-order valence-electron chi connectivity index (χ1n) is 11.2. The van der Waals surface area contributed by atoms with Gasteiger partial charge in [0.1, 0.15) is 6.54 Å². The lowest BCUT2D eigenvalue weighted by atomic mass is 9.87. The molecular weight excluding hydrogens is 374 g/mol. The number of hydrogen-bond donors (Lipinski definition) is 2. The predicted molar refractivity (Wildman–Crippen MR) is 124 cm³/mol. The first kappa shape index (κ1) is 22.2. The van der Waals surface area contributed by atoms with Crippen LogP contribution >= 0.6 is 0 Å². The highest BCUT2D eigenvalue weighted by atomic mass is 16.5. The van der Waals surface area contributed by atoms with Crippen molar-refractivity contribution in [3.63, 3.8) is 0 Å². The minimum absolute atomic E-state index is 0.196. The van der Waals surface area contributed by atoms with Gasteiger partial charge in [0.2, 0.25) is 0 Å². The van der Waals surface area contributed by atoms with E-state index in [4.69, 9.17) is 4.52 Å². The van der Waals surface area contributed by atoms with Gasteiger partial charge < -0.3 is 20.1 Å². The molecule has 0 spiro atoms. The van der Waals surface area contributed by atoms with Crippen LogP contribution in [-0.2, 0) is 18.4 Å². The molecule has 0 aliphatic carbocycles. The maximum absolute atomic E-state index is 5.35. The van der Waals surface area contributed by atoms with E-state index in [1.54, 1.807) is 0 Å². The second kappa shape index (κ2) is 10.0. The molecule has 6 heteroatoms. The van der Waals surface area contributed by atoms with Crippen LogP contribution in [0.5, 0.6) is 0 Å². The van der Waals surface area contributed by atoms with Crippen molar-refractivity contribution < 1.29 is 4.52 Å². The van der Waals surface area contributed by atoms with Crippen molar-refractivity contribution in [2.24, 2.45) is 4.99 Å². The Morgan fingerprint density at radius 3 is 2.43 bits per heavy atom. The lowest BCUT2D eigenvalue weighted by molar-refractivity contribution is 0.379. The van der Waals surface area contributed by atoms with Crippen LogP contribution in [0, 0.1) is 0 Å². The van der Waals surface area contributed by atoms with Crippen molar-refractivity contribution in [1.29, 1.82) is 0 Å². The van der Waals surface area contributed by atoms with Gasteiger partial charge in [-0.05, 0) is 49.3 Å². The van der Waals surface area contributed by atoms with E-state index in [9.17, 15) is 0 Å². The smallest absolute Gasteiger partial charge is 0.191 e. The normalized spacial score (nSPS) is 16.0. The summed E-state index contributed by atoms with van der Waals surface area (Å²) in [5.74, 6) is 1.65. The third kappa shape index (κ3) is 6.00. The van der Waals surface area contributed by atoms with Crippen molar-refractivity contribution in [2.45, 2.75) is 71.9 Å². The van der Waals surface area contributed by atoms with Crippen molar-refractivity contribution in [2.75, 3.05) is 24.5 Å². The Morgan fingerprint density at radius 1 is 1.17 bits per heavy atom. The molecule has 0 bridgehead atoms. The fourth-order valence-corrected chi connectivity index (χ4v) is 3.72. The first-order chi connectivity index (χ1) is 14.4. The van der Waals surface area contributed by atoms with Gasteiger partial charge >= 0.3 is 0 Å². The summed E-state index contributed by atoms with van der Waals surface area (Å²) in [4.78, 5) is 7.16. The Kier molecular flexibility index (Phi) is 7.40. The largest absolute Gasteiger partial charge is 0.371 e. The number of anilines is 1. The van der Waals surface area contributed by atoms with E-state index < -0.39 is 0 Å². The third-order valence-electron chi connectivity index (χ3n) is 5.64. The Morgan fingerprint density at radius 2 is 1.87 bits per heavy atom. The molecule has 1 aromatic heterocycles. The van der Waals surface area contributed by atoms with Crippen LogP contribution in [0.25, 0.3) is 0 Å². The molecule has 2 N–H and O–H groups in total. The lowest BCUT2D eigenvalue weighted by Gasteiger charge is -2.35. The Bertz CT molecular complexity index is 811. The average molecular weight is 412 g/mol. The first-order valence-corrected chi connectivity index (χ1v) is 11.2. The summed E-state index contributed by atoms with van der Waals surface area (Å²) in [5, 5.41) is 11.0. The minimum atomic E-state index is 0.196. The van der Waals surface area contributed by atoms with Crippen molar-refractivity contribution in [3.8, 4) is 0 Å². The van der Waals surface area contributed by atoms with E-state index in [-0.39, 0.29) is 5.41 Å². The Hall–Kier alpha value is -2.50. The summed E-state index contributed by atoms with van der Waals surface area (Å²) >= 11 is 0. The summed E-state index contributed by atoms with van der Waals surface area (Å²) < 4.78 is 5.35. The van der Waals surface area contributed by atoms with Crippen LogP contribution in [0.4, 0.5) is 5.69 Å². The van der Waals surface area contributed by atoms with Gasteiger partial charge in [-0.15, -0.1) is 0 Å². The van der Waals surface area contributed by atoms with E-state index >= 15 is 0 Å². The standard InChI is InChI=1S/C24H37N5O/c1-6-19-16-22(30-28-19)17-26-23(25-7-2)27-20-12-14-29(15-13-20)21-10-8-18(9-11-21)24(3,4)5/h8-11,16,20H,6-7,12-15,17H2,1-5H3,(H2,25,26,27). The average Bonchev–Trinajstić information content (AvgIpc) is 3.20. The second-order valence-corrected chi connectivity index (χ2v) is 9.04. The maximum atomic E-state index is 5.35. The molecule has 0 saturated carbocycles. The van der Waals surface area contributed by atoms with Crippen molar-refractivity contribution in [1.82, 2.24) is 15.8 Å². The molecule has 1 aliphatic rings. The van der Waals surface area contributed by atoms with Gasteiger partial charge in [-0.2, -0.15) is 0 Å². The molecular formula is C24H37N5O.